The lowest BCUT2D eigenvalue weighted by Crippen LogP contribution is -2.06. The highest BCUT2D eigenvalue weighted by atomic mass is 16.5. The minimum absolute atomic E-state index is 0.0508. The van der Waals surface area contributed by atoms with Crippen molar-refractivity contribution < 1.29 is 9.53 Å². The number of benzene rings is 2. The first-order valence-electron chi connectivity index (χ1n) is 6.64. The van der Waals surface area contributed by atoms with Gasteiger partial charge in [-0.25, -0.2) is 0 Å². The summed E-state index contributed by atoms with van der Waals surface area (Å²) in [7, 11) is 0. The highest BCUT2D eigenvalue weighted by Crippen LogP contribution is 2.30. The van der Waals surface area contributed by atoms with Gasteiger partial charge >= 0.3 is 5.97 Å². The summed E-state index contributed by atoms with van der Waals surface area (Å²) < 4.78 is 5.30. The van der Waals surface area contributed by atoms with Gasteiger partial charge in [0.25, 0.3) is 0 Å². The molecule has 2 aromatic rings. The van der Waals surface area contributed by atoms with E-state index >= 15 is 0 Å². The van der Waals surface area contributed by atoms with E-state index in [0.717, 1.165) is 24.0 Å². The van der Waals surface area contributed by atoms with E-state index in [4.69, 9.17) is 4.74 Å². The fourth-order valence-electron chi connectivity index (χ4n) is 2.06. The number of rotatable bonds is 4. The molecule has 1 fully saturated rings. The van der Waals surface area contributed by atoms with Gasteiger partial charge in [0.1, 0.15) is 6.61 Å². The number of ether oxygens (including phenoxy) is 1. The minimum atomic E-state index is -0.0508. The lowest BCUT2D eigenvalue weighted by molar-refractivity contribution is -0.146. The van der Waals surface area contributed by atoms with E-state index in [0.29, 0.717) is 6.61 Å². The van der Waals surface area contributed by atoms with Crippen LogP contribution in [0.15, 0.2) is 54.6 Å². The van der Waals surface area contributed by atoms with Crippen LogP contribution in [0, 0.1) is 5.92 Å². The maximum atomic E-state index is 11.5. The molecule has 2 heteroatoms. The van der Waals surface area contributed by atoms with Crippen molar-refractivity contribution in [2.75, 3.05) is 0 Å². The molecule has 0 amide bonds. The van der Waals surface area contributed by atoms with Gasteiger partial charge in [-0.3, -0.25) is 4.79 Å². The molecule has 0 unspecified atom stereocenters. The summed E-state index contributed by atoms with van der Waals surface area (Å²) in [5, 5.41) is 0. The molecular weight excluding hydrogens is 236 g/mol. The standard InChI is InChI=1S/C17H16O2/c18-17(15-9-10-15)19-12-13-5-4-8-16(11-13)14-6-2-1-3-7-14/h1-8,11,15H,9-10,12H2. The molecule has 0 N–H and O–H groups in total. The Labute approximate surface area is 113 Å². The molecular formula is C17H16O2. The van der Waals surface area contributed by atoms with Gasteiger partial charge in [-0.1, -0.05) is 48.5 Å². The van der Waals surface area contributed by atoms with Crippen LogP contribution in [0.5, 0.6) is 0 Å². The Kier molecular flexibility index (Phi) is 3.32. The summed E-state index contributed by atoms with van der Waals surface area (Å²) in [5.74, 6) is 0.113. The lowest BCUT2D eigenvalue weighted by Gasteiger charge is -2.07. The summed E-state index contributed by atoms with van der Waals surface area (Å²) >= 11 is 0. The van der Waals surface area contributed by atoms with E-state index < -0.39 is 0 Å². The van der Waals surface area contributed by atoms with E-state index in [1.807, 2.05) is 30.3 Å². The van der Waals surface area contributed by atoms with E-state index in [1.54, 1.807) is 0 Å². The van der Waals surface area contributed by atoms with E-state index in [9.17, 15) is 4.79 Å². The molecule has 3 rings (SSSR count). The van der Waals surface area contributed by atoms with Crippen LogP contribution >= 0.6 is 0 Å². The third-order valence-corrected chi connectivity index (χ3v) is 3.33. The van der Waals surface area contributed by atoms with Gasteiger partial charge < -0.3 is 4.74 Å². The Morgan fingerprint density at radius 1 is 1.00 bits per heavy atom. The van der Waals surface area contributed by atoms with Gasteiger partial charge in [0.15, 0.2) is 0 Å². The fourth-order valence-corrected chi connectivity index (χ4v) is 2.06. The zero-order valence-corrected chi connectivity index (χ0v) is 10.7. The van der Waals surface area contributed by atoms with Crippen molar-refractivity contribution in [3.63, 3.8) is 0 Å². The van der Waals surface area contributed by atoms with Crippen molar-refractivity contribution in [2.24, 2.45) is 5.92 Å². The van der Waals surface area contributed by atoms with Crippen molar-refractivity contribution in [2.45, 2.75) is 19.4 Å². The third kappa shape index (κ3) is 3.02. The van der Waals surface area contributed by atoms with Crippen LogP contribution in [0.4, 0.5) is 0 Å². The molecule has 0 aliphatic heterocycles. The van der Waals surface area contributed by atoms with Crippen molar-refractivity contribution in [3.05, 3.63) is 60.2 Å². The van der Waals surface area contributed by atoms with Crippen LogP contribution < -0.4 is 0 Å². The minimum Gasteiger partial charge on any atom is -0.461 e. The molecule has 2 aromatic carbocycles. The fraction of sp³-hybridized carbons (Fsp3) is 0.235. The SMILES string of the molecule is O=C(OCc1cccc(-c2ccccc2)c1)C1CC1. The molecule has 1 aliphatic rings. The average Bonchev–Trinajstić information content (AvgIpc) is 3.31. The van der Waals surface area contributed by atoms with Gasteiger partial charge in [0.05, 0.1) is 5.92 Å². The molecule has 2 nitrogen and oxygen atoms in total. The van der Waals surface area contributed by atoms with Crippen LogP contribution in [0.1, 0.15) is 18.4 Å². The summed E-state index contributed by atoms with van der Waals surface area (Å²) in [5.41, 5.74) is 3.37. The smallest absolute Gasteiger partial charge is 0.309 e. The van der Waals surface area contributed by atoms with Crippen molar-refractivity contribution >= 4 is 5.97 Å². The van der Waals surface area contributed by atoms with E-state index in [2.05, 4.69) is 24.3 Å². The Morgan fingerprint density at radius 3 is 2.47 bits per heavy atom. The lowest BCUT2D eigenvalue weighted by atomic mass is 10.0. The molecule has 1 saturated carbocycles. The van der Waals surface area contributed by atoms with E-state index in [1.165, 1.54) is 5.56 Å². The maximum absolute atomic E-state index is 11.5. The molecule has 0 aromatic heterocycles. The third-order valence-electron chi connectivity index (χ3n) is 3.33. The molecule has 0 spiro atoms. The average molecular weight is 252 g/mol. The predicted octanol–water partition coefficient (Wildman–Crippen LogP) is 3.81. The van der Waals surface area contributed by atoms with Gasteiger partial charge in [-0.2, -0.15) is 0 Å². The molecule has 1 aliphatic carbocycles. The second-order valence-electron chi connectivity index (χ2n) is 4.95. The van der Waals surface area contributed by atoms with Crippen molar-refractivity contribution in [1.82, 2.24) is 0 Å². The molecule has 0 bridgehead atoms. The molecule has 19 heavy (non-hydrogen) atoms. The second kappa shape index (κ2) is 5.27. The molecule has 0 saturated heterocycles. The number of esters is 1. The molecule has 0 atom stereocenters. The molecule has 0 heterocycles. The normalized spacial score (nSPS) is 14.1. The summed E-state index contributed by atoms with van der Waals surface area (Å²) in [6, 6.07) is 18.4. The van der Waals surface area contributed by atoms with Gasteiger partial charge in [-0.05, 0) is 35.6 Å². The summed E-state index contributed by atoms with van der Waals surface area (Å²) in [6.07, 6.45) is 1.98. The Morgan fingerprint density at radius 2 is 1.74 bits per heavy atom. The zero-order valence-electron chi connectivity index (χ0n) is 10.7. The number of carbonyl (C=O) groups excluding carboxylic acids is 1. The van der Waals surface area contributed by atoms with Gasteiger partial charge in [0, 0.05) is 0 Å². The van der Waals surface area contributed by atoms with Crippen LogP contribution in [-0.4, -0.2) is 5.97 Å². The monoisotopic (exact) mass is 252 g/mol. The van der Waals surface area contributed by atoms with Gasteiger partial charge in [0.2, 0.25) is 0 Å². The van der Waals surface area contributed by atoms with Crippen LogP contribution in [0.3, 0.4) is 0 Å². The highest BCUT2D eigenvalue weighted by molar-refractivity contribution is 5.75. The number of hydrogen-bond acceptors (Lipinski definition) is 2. The first-order valence-corrected chi connectivity index (χ1v) is 6.64. The largest absolute Gasteiger partial charge is 0.461 e. The molecule has 96 valence electrons. The summed E-state index contributed by atoms with van der Waals surface area (Å²) in [6.45, 7) is 0.371. The molecule has 0 radical (unpaired) electrons. The van der Waals surface area contributed by atoms with Crippen LogP contribution in [-0.2, 0) is 16.1 Å². The highest BCUT2D eigenvalue weighted by Gasteiger charge is 2.31. The summed E-state index contributed by atoms with van der Waals surface area (Å²) in [4.78, 5) is 11.5. The first kappa shape index (κ1) is 12.0. The van der Waals surface area contributed by atoms with Crippen molar-refractivity contribution in [3.8, 4) is 11.1 Å². The zero-order chi connectivity index (χ0) is 13.1. The van der Waals surface area contributed by atoms with Gasteiger partial charge in [-0.15, -0.1) is 0 Å². The predicted molar refractivity (Wildman–Crippen MR) is 74.4 cm³/mol. The second-order valence-corrected chi connectivity index (χ2v) is 4.95. The quantitative estimate of drug-likeness (QED) is 0.773. The van der Waals surface area contributed by atoms with Crippen molar-refractivity contribution in [1.29, 1.82) is 0 Å². The number of carbonyl (C=O) groups is 1. The maximum Gasteiger partial charge on any atom is 0.309 e. The number of hydrogen-bond donors (Lipinski definition) is 0. The topological polar surface area (TPSA) is 26.3 Å². The van der Waals surface area contributed by atoms with E-state index in [-0.39, 0.29) is 11.9 Å². The van der Waals surface area contributed by atoms with Crippen LogP contribution in [0.2, 0.25) is 0 Å². The first-order chi connectivity index (χ1) is 9.33. The van der Waals surface area contributed by atoms with Crippen LogP contribution in [0.25, 0.3) is 11.1 Å². The Hall–Kier alpha value is -2.09. The Balaban J connectivity index is 1.71. The Bertz CT molecular complexity index is 571.